The Morgan fingerprint density at radius 2 is 1.64 bits per heavy atom. The van der Waals surface area contributed by atoms with E-state index in [4.69, 9.17) is 11.6 Å². The zero-order valence-corrected chi connectivity index (χ0v) is 16.8. The number of aromatic nitrogens is 4. The second-order valence-corrected chi connectivity index (χ2v) is 8.80. The fourth-order valence-corrected chi connectivity index (χ4v) is 4.72. The SMILES string of the molecule is Cc1nccn1-c1cc(N2CCN(S(=O)(=O)c3ccc(Cl)cc3)CC2)ncn1. The molecule has 2 aromatic heterocycles. The molecule has 0 unspecified atom stereocenters. The van der Waals surface area contributed by atoms with Crippen LogP contribution in [0.2, 0.25) is 5.02 Å². The Kier molecular flexibility index (Phi) is 5.05. The number of imidazole rings is 1. The first-order chi connectivity index (χ1) is 13.4. The van der Waals surface area contributed by atoms with Gasteiger partial charge in [0, 0.05) is 49.7 Å². The van der Waals surface area contributed by atoms with Gasteiger partial charge in [-0.05, 0) is 31.2 Å². The van der Waals surface area contributed by atoms with Crippen LogP contribution in [0.5, 0.6) is 0 Å². The largest absolute Gasteiger partial charge is 0.354 e. The van der Waals surface area contributed by atoms with E-state index in [0.717, 1.165) is 17.5 Å². The number of rotatable bonds is 4. The van der Waals surface area contributed by atoms with E-state index in [1.165, 1.54) is 22.8 Å². The molecule has 1 aromatic carbocycles. The van der Waals surface area contributed by atoms with Gasteiger partial charge in [-0.3, -0.25) is 4.57 Å². The van der Waals surface area contributed by atoms with Crippen molar-refractivity contribution in [2.24, 2.45) is 0 Å². The number of hydrogen-bond acceptors (Lipinski definition) is 6. The van der Waals surface area contributed by atoms with Gasteiger partial charge in [0.15, 0.2) is 0 Å². The van der Waals surface area contributed by atoms with Crippen molar-refractivity contribution in [3.05, 3.63) is 59.9 Å². The van der Waals surface area contributed by atoms with Crippen molar-refractivity contribution in [2.75, 3.05) is 31.1 Å². The molecule has 1 saturated heterocycles. The molecule has 3 aromatic rings. The number of piperazine rings is 1. The summed E-state index contributed by atoms with van der Waals surface area (Å²) < 4.78 is 29.0. The lowest BCUT2D eigenvalue weighted by Gasteiger charge is -2.34. The van der Waals surface area contributed by atoms with Crippen LogP contribution in [0.15, 0.2) is 53.9 Å². The molecule has 3 heterocycles. The van der Waals surface area contributed by atoms with Gasteiger partial charge in [0.1, 0.15) is 23.8 Å². The van der Waals surface area contributed by atoms with Gasteiger partial charge in [0.2, 0.25) is 10.0 Å². The fourth-order valence-electron chi connectivity index (χ4n) is 3.18. The van der Waals surface area contributed by atoms with E-state index in [2.05, 4.69) is 19.9 Å². The summed E-state index contributed by atoms with van der Waals surface area (Å²) in [6, 6.07) is 8.14. The number of sulfonamides is 1. The molecule has 0 atom stereocenters. The predicted molar refractivity (Wildman–Crippen MR) is 106 cm³/mol. The van der Waals surface area contributed by atoms with E-state index < -0.39 is 10.0 Å². The summed E-state index contributed by atoms with van der Waals surface area (Å²) in [5.41, 5.74) is 0. The molecule has 0 saturated carbocycles. The minimum atomic E-state index is -3.53. The summed E-state index contributed by atoms with van der Waals surface area (Å²) in [4.78, 5) is 15.2. The topological polar surface area (TPSA) is 84.2 Å². The summed E-state index contributed by atoms with van der Waals surface area (Å²) in [6.45, 7) is 3.77. The van der Waals surface area contributed by atoms with Gasteiger partial charge in [-0.2, -0.15) is 4.31 Å². The molecular formula is C18H19ClN6O2S. The first kappa shape index (κ1) is 18.9. The summed E-state index contributed by atoms with van der Waals surface area (Å²) in [5.74, 6) is 2.33. The average Bonchev–Trinajstić information content (AvgIpc) is 3.14. The van der Waals surface area contributed by atoms with E-state index in [9.17, 15) is 8.42 Å². The van der Waals surface area contributed by atoms with Crippen LogP contribution in [0.25, 0.3) is 5.82 Å². The zero-order chi connectivity index (χ0) is 19.7. The number of aryl methyl sites for hydroxylation is 1. The molecule has 8 nitrogen and oxygen atoms in total. The highest BCUT2D eigenvalue weighted by atomic mass is 35.5. The second-order valence-electron chi connectivity index (χ2n) is 6.42. The molecule has 0 aliphatic carbocycles. The molecule has 1 aliphatic heterocycles. The number of hydrogen-bond donors (Lipinski definition) is 0. The van der Waals surface area contributed by atoms with Gasteiger partial charge in [-0.15, -0.1) is 0 Å². The Morgan fingerprint density at radius 1 is 0.964 bits per heavy atom. The first-order valence-corrected chi connectivity index (χ1v) is 10.6. The zero-order valence-electron chi connectivity index (χ0n) is 15.2. The maximum absolute atomic E-state index is 12.8. The number of halogens is 1. The Labute approximate surface area is 168 Å². The third-order valence-electron chi connectivity index (χ3n) is 4.72. The molecule has 0 bridgehead atoms. The Balaban J connectivity index is 1.49. The van der Waals surface area contributed by atoms with Crippen LogP contribution >= 0.6 is 11.6 Å². The van der Waals surface area contributed by atoms with Crippen LogP contribution in [-0.4, -0.2) is 58.4 Å². The van der Waals surface area contributed by atoms with Crippen molar-refractivity contribution in [3.8, 4) is 5.82 Å². The minimum absolute atomic E-state index is 0.255. The maximum Gasteiger partial charge on any atom is 0.243 e. The fraction of sp³-hybridized carbons (Fsp3) is 0.278. The Bertz CT molecular complexity index is 1080. The molecule has 0 amide bonds. The third kappa shape index (κ3) is 3.60. The molecule has 0 radical (unpaired) electrons. The van der Waals surface area contributed by atoms with E-state index in [1.54, 1.807) is 18.3 Å². The van der Waals surface area contributed by atoms with Gasteiger partial charge < -0.3 is 4.90 Å². The van der Waals surface area contributed by atoms with Crippen LogP contribution in [0.1, 0.15) is 5.82 Å². The van der Waals surface area contributed by atoms with Crippen LogP contribution in [0.3, 0.4) is 0 Å². The van der Waals surface area contributed by atoms with Crippen LogP contribution in [0.4, 0.5) is 5.82 Å². The van der Waals surface area contributed by atoms with E-state index in [-0.39, 0.29) is 4.90 Å². The normalized spacial score (nSPS) is 15.7. The van der Waals surface area contributed by atoms with Crippen LogP contribution in [-0.2, 0) is 10.0 Å². The van der Waals surface area contributed by atoms with Crippen LogP contribution < -0.4 is 4.90 Å². The van der Waals surface area contributed by atoms with Crippen molar-refractivity contribution < 1.29 is 8.42 Å². The molecule has 1 fully saturated rings. The second kappa shape index (κ2) is 7.50. The molecule has 4 rings (SSSR count). The van der Waals surface area contributed by atoms with Gasteiger partial charge in [-0.25, -0.2) is 23.4 Å². The number of nitrogens with zero attached hydrogens (tertiary/aromatic N) is 6. The summed E-state index contributed by atoms with van der Waals surface area (Å²) in [7, 11) is -3.53. The molecule has 1 aliphatic rings. The van der Waals surface area contributed by atoms with Crippen molar-refractivity contribution in [3.63, 3.8) is 0 Å². The molecule has 0 N–H and O–H groups in total. The lowest BCUT2D eigenvalue weighted by molar-refractivity contribution is 0.383. The standard InChI is InChI=1S/C18H19ClN6O2S/c1-14-20-6-7-25(14)18-12-17(21-13-22-18)23-8-10-24(11-9-23)28(26,27)16-4-2-15(19)3-5-16/h2-7,12-13H,8-11H2,1H3. The van der Waals surface area contributed by atoms with Crippen molar-refractivity contribution >= 4 is 27.4 Å². The van der Waals surface area contributed by atoms with Gasteiger partial charge in [0.25, 0.3) is 0 Å². The Hall–Kier alpha value is -2.49. The van der Waals surface area contributed by atoms with Crippen molar-refractivity contribution in [2.45, 2.75) is 11.8 Å². The number of benzene rings is 1. The smallest absolute Gasteiger partial charge is 0.243 e. The van der Waals surface area contributed by atoms with Crippen LogP contribution in [0, 0.1) is 6.92 Å². The molecule has 146 valence electrons. The van der Waals surface area contributed by atoms with E-state index in [0.29, 0.717) is 31.2 Å². The van der Waals surface area contributed by atoms with E-state index in [1.807, 2.05) is 23.8 Å². The highest BCUT2D eigenvalue weighted by molar-refractivity contribution is 7.89. The lowest BCUT2D eigenvalue weighted by atomic mass is 10.3. The van der Waals surface area contributed by atoms with Crippen molar-refractivity contribution in [1.29, 1.82) is 0 Å². The van der Waals surface area contributed by atoms with Gasteiger partial charge in [0.05, 0.1) is 4.90 Å². The van der Waals surface area contributed by atoms with Crippen molar-refractivity contribution in [1.82, 2.24) is 23.8 Å². The maximum atomic E-state index is 12.8. The molecular weight excluding hydrogens is 400 g/mol. The summed E-state index contributed by atoms with van der Waals surface area (Å²) in [6.07, 6.45) is 5.08. The average molecular weight is 419 g/mol. The highest BCUT2D eigenvalue weighted by Crippen LogP contribution is 2.22. The summed E-state index contributed by atoms with van der Waals surface area (Å²) >= 11 is 5.86. The minimum Gasteiger partial charge on any atom is -0.354 e. The molecule has 10 heteroatoms. The quantitative estimate of drug-likeness (QED) is 0.645. The van der Waals surface area contributed by atoms with Gasteiger partial charge in [-0.1, -0.05) is 11.6 Å². The lowest BCUT2D eigenvalue weighted by Crippen LogP contribution is -2.48. The summed E-state index contributed by atoms with van der Waals surface area (Å²) in [5, 5.41) is 0.511. The molecule has 28 heavy (non-hydrogen) atoms. The number of anilines is 1. The predicted octanol–water partition coefficient (Wildman–Crippen LogP) is 2.14. The highest BCUT2D eigenvalue weighted by Gasteiger charge is 2.29. The Morgan fingerprint density at radius 3 is 2.29 bits per heavy atom. The molecule has 0 spiro atoms. The van der Waals surface area contributed by atoms with E-state index >= 15 is 0 Å². The third-order valence-corrected chi connectivity index (χ3v) is 6.89. The van der Waals surface area contributed by atoms with Gasteiger partial charge >= 0.3 is 0 Å². The monoisotopic (exact) mass is 418 g/mol. The first-order valence-electron chi connectivity index (χ1n) is 8.78.